The van der Waals surface area contributed by atoms with Gasteiger partial charge in [0.15, 0.2) is 0 Å². The van der Waals surface area contributed by atoms with E-state index in [4.69, 9.17) is 14.5 Å². The predicted molar refractivity (Wildman–Crippen MR) is 248 cm³/mol. The number of rotatable bonds is 10. The van der Waals surface area contributed by atoms with Crippen molar-refractivity contribution in [2.45, 2.75) is 103 Å². The summed E-state index contributed by atoms with van der Waals surface area (Å²) in [5.41, 5.74) is 4.52. The summed E-state index contributed by atoms with van der Waals surface area (Å²) >= 11 is 0. The molecule has 0 unspecified atom stereocenters. The first kappa shape index (κ1) is 44.4. The number of alkyl carbamates (subject to hydrolysis) is 2. The number of H-pyrrole nitrogens is 2. The van der Waals surface area contributed by atoms with Gasteiger partial charge in [0.1, 0.15) is 35.2 Å². The maximum atomic E-state index is 14.3. The topological polar surface area (TPSA) is 191 Å². The van der Waals surface area contributed by atoms with Crippen molar-refractivity contribution in [2.75, 3.05) is 18.4 Å². The monoisotopic (exact) mass is 880 g/mol. The molecule has 4 heterocycles. The van der Waals surface area contributed by atoms with Crippen LogP contribution in [-0.2, 0) is 23.9 Å². The smallest absolute Gasteiger partial charge is 0.408 e. The van der Waals surface area contributed by atoms with E-state index < -0.39 is 41.5 Å². The SMILES string of the molecule is CC(C)(C)OC(=O)N[C@@H](C(=O)N1CCC[C@H]1C(=O)Nc1ccc2[nH]c(-c3ccc4[nH]c([C@@H]5CCCN5C(=O)[C@H](NC(=O)OC(C)(C)C)c5ccccc5)nc4c3)cc2c1)c1ccccc1. The van der Waals surface area contributed by atoms with E-state index in [0.29, 0.717) is 55.0 Å². The highest BCUT2D eigenvalue weighted by molar-refractivity contribution is 6.00. The molecule has 0 saturated carbocycles. The van der Waals surface area contributed by atoms with Gasteiger partial charge in [-0.1, -0.05) is 66.7 Å². The highest BCUT2D eigenvalue weighted by Gasteiger charge is 2.40. The lowest BCUT2D eigenvalue weighted by molar-refractivity contribution is -0.138. The molecule has 8 rings (SSSR count). The van der Waals surface area contributed by atoms with Crippen LogP contribution in [0.25, 0.3) is 33.2 Å². The molecule has 4 atom stereocenters. The van der Waals surface area contributed by atoms with Gasteiger partial charge in [-0.25, -0.2) is 14.6 Å². The Morgan fingerprint density at radius 1 is 0.662 bits per heavy atom. The third-order valence-electron chi connectivity index (χ3n) is 11.5. The number of aromatic amines is 2. The summed E-state index contributed by atoms with van der Waals surface area (Å²) in [6.07, 6.45) is 1.22. The lowest BCUT2D eigenvalue weighted by Gasteiger charge is -2.29. The van der Waals surface area contributed by atoms with E-state index in [1.165, 1.54) is 0 Å². The summed E-state index contributed by atoms with van der Waals surface area (Å²) in [5, 5.41) is 9.46. The fourth-order valence-electron chi connectivity index (χ4n) is 8.61. The molecule has 4 aromatic carbocycles. The van der Waals surface area contributed by atoms with Crippen molar-refractivity contribution in [3.05, 3.63) is 120 Å². The summed E-state index contributed by atoms with van der Waals surface area (Å²) in [5.74, 6) is -0.267. The number of likely N-dealkylation sites (tertiary alicyclic amines) is 2. The molecule has 15 heteroatoms. The van der Waals surface area contributed by atoms with Crippen LogP contribution in [0.3, 0.4) is 0 Å². The number of aromatic nitrogens is 3. The Morgan fingerprint density at radius 3 is 1.85 bits per heavy atom. The lowest BCUT2D eigenvalue weighted by atomic mass is 10.0. The zero-order chi connectivity index (χ0) is 46.0. The number of benzene rings is 4. The summed E-state index contributed by atoms with van der Waals surface area (Å²) in [7, 11) is 0. The fourth-order valence-corrected chi connectivity index (χ4v) is 8.61. The number of ether oxygens (including phenoxy) is 2. The molecular formula is C50H56N8O7. The number of fused-ring (bicyclic) bond motifs is 2. The van der Waals surface area contributed by atoms with Crippen LogP contribution in [-0.4, -0.2) is 85.0 Å². The standard InChI is InChI=1S/C50H56N8O7/c1-49(2,3)64-47(62)55-41(30-15-9-7-10-16-30)45(60)57-25-13-19-39(57)43-53-36-23-21-32(28-38(36)54-43)37-29-33-27-34(22-24-35(33)52-37)51-44(59)40-20-14-26-58(40)46(61)42(31-17-11-8-12-18-31)56-48(63)65-50(4,5)6/h7-12,15-18,21-24,27-29,39-42,52H,13-14,19-20,25-26H2,1-6H3,(H,51,59)(H,53,54)(H,55,62)(H,56,63)/t39-,40-,41+,42+/m0/s1. The minimum atomic E-state index is -1.03. The molecule has 65 heavy (non-hydrogen) atoms. The Bertz CT molecular complexity index is 2720. The van der Waals surface area contributed by atoms with Gasteiger partial charge in [-0.3, -0.25) is 14.4 Å². The van der Waals surface area contributed by atoms with Gasteiger partial charge in [-0.15, -0.1) is 0 Å². The van der Waals surface area contributed by atoms with Gasteiger partial charge in [0.05, 0.1) is 17.1 Å². The first-order valence-electron chi connectivity index (χ1n) is 22.1. The van der Waals surface area contributed by atoms with Crippen molar-refractivity contribution in [2.24, 2.45) is 0 Å². The number of carbonyl (C=O) groups excluding carboxylic acids is 5. The van der Waals surface area contributed by atoms with Crippen LogP contribution in [0.5, 0.6) is 0 Å². The van der Waals surface area contributed by atoms with E-state index in [2.05, 4.69) is 25.9 Å². The number of nitrogens with one attached hydrogen (secondary N) is 5. The van der Waals surface area contributed by atoms with Crippen molar-refractivity contribution in [1.82, 2.24) is 35.4 Å². The molecule has 0 bridgehead atoms. The Hall–Kier alpha value is -7.16. The normalized spacial score (nSPS) is 17.4. The molecule has 0 aliphatic carbocycles. The lowest BCUT2D eigenvalue weighted by Crippen LogP contribution is -2.49. The minimum Gasteiger partial charge on any atom is -0.444 e. The average molecular weight is 881 g/mol. The molecule has 0 radical (unpaired) electrons. The van der Waals surface area contributed by atoms with Gasteiger partial charge < -0.3 is 45.2 Å². The van der Waals surface area contributed by atoms with E-state index in [1.807, 2.05) is 78.9 Å². The summed E-state index contributed by atoms with van der Waals surface area (Å²) in [4.78, 5) is 83.2. The van der Waals surface area contributed by atoms with E-state index in [0.717, 1.165) is 39.6 Å². The van der Waals surface area contributed by atoms with Gasteiger partial charge in [-0.2, -0.15) is 0 Å². The first-order valence-corrected chi connectivity index (χ1v) is 22.1. The average Bonchev–Trinajstić information content (AvgIpc) is 4.09. The zero-order valence-electron chi connectivity index (χ0n) is 37.6. The summed E-state index contributed by atoms with van der Waals surface area (Å²) in [6, 6.07) is 28.7. The molecule has 2 aliphatic heterocycles. The zero-order valence-corrected chi connectivity index (χ0v) is 37.6. The van der Waals surface area contributed by atoms with E-state index in [1.54, 1.807) is 75.6 Å². The van der Waals surface area contributed by atoms with Crippen LogP contribution in [0.15, 0.2) is 103 Å². The number of carbonyl (C=O) groups is 5. The van der Waals surface area contributed by atoms with Crippen LogP contribution in [0.1, 0.15) is 102 Å². The molecule has 5 N–H and O–H groups in total. The van der Waals surface area contributed by atoms with Crippen LogP contribution >= 0.6 is 0 Å². The highest BCUT2D eigenvalue weighted by atomic mass is 16.6. The Kier molecular flexibility index (Phi) is 12.4. The molecule has 15 nitrogen and oxygen atoms in total. The number of anilines is 1. The number of hydrogen-bond donors (Lipinski definition) is 5. The van der Waals surface area contributed by atoms with Crippen LogP contribution in [0, 0.1) is 0 Å². The Morgan fingerprint density at radius 2 is 1.23 bits per heavy atom. The highest BCUT2D eigenvalue weighted by Crippen LogP contribution is 2.36. The second-order valence-electron chi connectivity index (χ2n) is 18.7. The Labute approximate surface area is 377 Å². The van der Waals surface area contributed by atoms with Crippen molar-refractivity contribution in [3.8, 4) is 11.3 Å². The third-order valence-corrected chi connectivity index (χ3v) is 11.5. The molecule has 2 aromatic heterocycles. The van der Waals surface area contributed by atoms with Gasteiger partial charge in [0.25, 0.3) is 11.8 Å². The van der Waals surface area contributed by atoms with Crippen molar-refractivity contribution in [3.63, 3.8) is 0 Å². The fraction of sp³-hybridized carbons (Fsp3) is 0.360. The van der Waals surface area contributed by atoms with Gasteiger partial charge in [0, 0.05) is 40.9 Å². The van der Waals surface area contributed by atoms with Crippen molar-refractivity contribution in [1.29, 1.82) is 0 Å². The predicted octanol–water partition coefficient (Wildman–Crippen LogP) is 8.84. The molecule has 2 saturated heterocycles. The maximum absolute atomic E-state index is 14.3. The van der Waals surface area contributed by atoms with Gasteiger partial charge in [0.2, 0.25) is 5.91 Å². The summed E-state index contributed by atoms with van der Waals surface area (Å²) < 4.78 is 11.0. The van der Waals surface area contributed by atoms with Crippen molar-refractivity contribution < 1.29 is 33.4 Å². The minimum absolute atomic E-state index is 0.238. The molecule has 0 spiro atoms. The second-order valence-corrected chi connectivity index (χ2v) is 18.7. The van der Waals surface area contributed by atoms with Crippen LogP contribution < -0.4 is 16.0 Å². The summed E-state index contributed by atoms with van der Waals surface area (Å²) in [6.45, 7) is 11.5. The molecule has 2 fully saturated rings. The number of imidazole rings is 1. The van der Waals surface area contributed by atoms with Crippen molar-refractivity contribution >= 4 is 57.5 Å². The molecule has 2 aliphatic rings. The van der Waals surface area contributed by atoms with Gasteiger partial charge >= 0.3 is 12.2 Å². The number of amides is 5. The van der Waals surface area contributed by atoms with E-state index >= 15 is 0 Å². The first-order chi connectivity index (χ1) is 31.0. The second kappa shape index (κ2) is 18.1. The number of nitrogens with zero attached hydrogens (tertiary/aromatic N) is 3. The number of hydrogen-bond acceptors (Lipinski definition) is 8. The van der Waals surface area contributed by atoms with E-state index in [9.17, 15) is 24.0 Å². The molecule has 6 aromatic rings. The molecular weight excluding hydrogens is 825 g/mol. The van der Waals surface area contributed by atoms with Gasteiger partial charge in [-0.05, 0) is 115 Å². The molecule has 338 valence electrons. The largest absolute Gasteiger partial charge is 0.444 e. The molecule has 5 amide bonds. The van der Waals surface area contributed by atoms with Crippen LogP contribution in [0.2, 0.25) is 0 Å². The van der Waals surface area contributed by atoms with E-state index in [-0.39, 0.29) is 23.8 Å². The quantitative estimate of drug-likeness (QED) is 0.0902. The Balaban J connectivity index is 0.965. The maximum Gasteiger partial charge on any atom is 0.408 e. The third kappa shape index (κ3) is 10.3. The van der Waals surface area contributed by atoms with Crippen LogP contribution in [0.4, 0.5) is 15.3 Å².